The van der Waals surface area contributed by atoms with Gasteiger partial charge in [0.2, 0.25) is 0 Å². The lowest BCUT2D eigenvalue weighted by atomic mass is 10.1. The topological polar surface area (TPSA) is 26.7 Å². The molecule has 0 saturated carbocycles. The number of hydrogen-bond donors (Lipinski definition) is 1. The smallest absolute Gasteiger partial charge is 0.116 e. The van der Waals surface area contributed by atoms with E-state index in [0.717, 1.165) is 13.2 Å². The van der Waals surface area contributed by atoms with Crippen LogP contribution in [0.4, 0.5) is 0 Å². The Morgan fingerprint density at radius 3 is 1.84 bits per heavy atom. The lowest BCUT2D eigenvalue weighted by Gasteiger charge is -2.19. The summed E-state index contributed by atoms with van der Waals surface area (Å²) in [5.41, 5.74) is 0. The zero-order valence-corrected chi connectivity index (χ0v) is 12.7. The summed E-state index contributed by atoms with van der Waals surface area (Å²) >= 11 is 0. The van der Waals surface area contributed by atoms with Crippen molar-refractivity contribution in [3.63, 3.8) is 0 Å². The quantitative estimate of drug-likeness (QED) is 0.544. The maximum atomic E-state index is 8.98. The first-order chi connectivity index (χ1) is 9.36. The highest BCUT2D eigenvalue weighted by molar-refractivity contribution is 4.88. The van der Waals surface area contributed by atoms with Gasteiger partial charge in [0.05, 0.1) is 6.67 Å². The largest absolute Gasteiger partial charge is 0.376 e. The van der Waals surface area contributed by atoms with Gasteiger partial charge in [-0.3, -0.25) is 0 Å². The van der Waals surface area contributed by atoms with E-state index in [1.54, 1.807) is 0 Å². The third-order valence-electron chi connectivity index (χ3n) is 3.83. The van der Waals surface area contributed by atoms with Crippen LogP contribution in [0, 0.1) is 0 Å². The van der Waals surface area contributed by atoms with Crippen LogP contribution in [-0.4, -0.2) is 34.9 Å². The molecule has 1 aliphatic rings. The molecular weight excluding hydrogens is 236 g/mol. The van der Waals surface area contributed by atoms with Crippen molar-refractivity contribution in [2.45, 2.75) is 71.1 Å². The minimum atomic E-state index is 0.130. The highest BCUT2D eigenvalue weighted by atomic mass is 16.3. The summed E-state index contributed by atoms with van der Waals surface area (Å²) in [4.78, 5) is 4.19. The molecule has 0 aromatic rings. The summed E-state index contributed by atoms with van der Waals surface area (Å²) in [6.07, 6.45) is 17.9. The number of unbranched alkanes of at least 4 members (excludes halogenated alkanes) is 9. The molecule has 0 radical (unpaired) electrons. The molecule has 0 aliphatic carbocycles. The molecular formula is C16H32N2O. The Morgan fingerprint density at radius 1 is 0.789 bits per heavy atom. The second-order valence-electron chi connectivity index (χ2n) is 5.66. The van der Waals surface area contributed by atoms with Crippen molar-refractivity contribution in [1.82, 2.24) is 9.80 Å². The molecule has 0 fully saturated rings. The molecule has 3 heteroatoms. The van der Waals surface area contributed by atoms with E-state index in [1.807, 2.05) is 11.1 Å². The highest BCUT2D eigenvalue weighted by Gasteiger charge is 2.09. The lowest BCUT2D eigenvalue weighted by Crippen LogP contribution is -2.26. The molecule has 0 spiro atoms. The van der Waals surface area contributed by atoms with Gasteiger partial charge in [-0.1, -0.05) is 64.7 Å². The van der Waals surface area contributed by atoms with Crippen molar-refractivity contribution in [2.75, 3.05) is 19.9 Å². The van der Waals surface area contributed by atoms with E-state index < -0.39 is 0 Å². The highest BCUT2D eigenvalue weighted by Crippen LogP contribution is 2.12. The van der Waals surface area contributed by atoms with Crippen LogP contribution in [0.1, 0.15) is 71.1 Å². The summed E-state index contributed by atoms with van der Waals surface area (Å²) in [6, 6.07) is 0. The number of nitrogens with zero attached hydrogens (tertiary/aromatic N) is 2. The summed E-state index contributed by atoms with van der Waals surface area (Å²) < 4.78 is 0. The van der Waals surface area contributed by atoms with E-state index in [1.165, 1.54) is 64.2 Å². The molecule has 1 rings (SSSR count). The fourth-order valence-corrected chi connectivity index (χ4v) is 2.56. The second-order valence-corrected chi connectivity index (χ2v) is 5.66. The fraction of sp³-hybridized carbons (Fsp3) is 0.875. The molecule has 0 amide bonds. The Balaban J connectivity index is 1.78. The first-order valence-electron chi connectivity index (χ1n) is 8.14. The Hall–Kier alpha value is -0.700. The van der Waals surface area contributed by atoms with Crippen LogP contribution >= 0.6 is 0 Å². The average Bonchev–Trinajstić information content (AvgIpc) is 2.89. The molecule has 0 bridgehead atoms. The summed E-state index contributed by atoms with van der Waals surface area (Å²) in [7, 11) is 0. The van der Waals surface area contributed by atoms with E-state index in [-0.39, 0.29) is 6.73 Å². The van der Waals surface area contributed by atoms with Gasteiger partial charge in [-0.05, 0) is 6.42 Å². The van der Waals surface area contributed by atoms with Gasteiger partial charge in [-0.25, -0.2) is 0 Å². The van der Waals surface area contributed by atoms with Crippen molar-refractivity contribution in [2.24, 2.45) is 0 Å². The molecule has 112 valence electrons. The predicted octanol–water partition coefficient (Wildman–Crippen LogP) is 3.90. The van der Waals surface area contributed by atoms with Crippen molar-refractivity contribution in [3.8, 4) is 0 Å². The lowest BCUT2D eigenvalue weighted by molar-refractivity contribution is 0.127. The third kappa shape index (κ3) is 8.14. The summed E-state index contributed by atoms with van der Waals surface area (Å²) in [6.45, 7) is 4.39. The van der Waals surface area contributed by atoms with Crippen LogP contribution < -0.4 is 0 Å². The minimum Gasteiger partial charge on any atom is -0.376 e. The Bertz CT molecular complexity index is 231. The molecule has 1 heterocycles. The zero-order chi connectivity index (χ0) is 13.8. The molecule has 0 atom stereocenters. The van der Waals surface area contributed by atoms with Crippen LogP contribution in [0.2, 0.25) is 0 Å². The Kier molecular flexibility index (Phi) is 9.60. The van der Waals surface area contributed by atoms with Crippen LogP contribution in [0.3, 0.4) is 0 Å². The number of hydrogen-bond acceptors (Lipinski definition) is 3. The maximum absolute atomic E-state index is 8.98. The SMILES string of the molecule is CCCCCCCCCCCCN1C=CN(CO)C1. The Labute approximate surface area is 119 Å². The van der Waals surface area contributed by atoms with Crippen LogP contribution in [0.15, 0.2) is 12.4 Å². The van der Waals surface area contributed by atoms with Crippen molar-refractivity contribution in [1.29, 1.82) is 0 Å². The normalized spacial score (nSPS) is 14.6. The predicted molar refractivity (Wildman–Crippen MR) is 81.5 cm³/mol. The Morgan fingerprint density at radius 2 is 1.32 bits per heavy atom. The zero-order valence-electron chi connectivity index (χ0n) is 12.7. The molecule has 0 aromatic carbocycles. The van der Waals surface area contributed by atoms with Gasteiger partial charge in [0.1, 0.15) is 6.73 Å². The van der Waals surface area contributed by atoms with E-state index in [0.29, 0.717) is 0 Å². The van der Waals surface area contributed by atoms with Crippen molar-refractivity contribution in [3.05, 3.63) is 12.4 Å². The van der Waals surface area contributed by atoms with Crippen LogP contribution in [0.5, 0.6) is 0 Å². The molecule has 0 saturated heterocycles. The van der Waals surface area contributed by atoms with Crippen LogP contribution in [0.25, 0.3) is 0 Å². The fourth-order valence-electron chi connectivity index (χ4n) is 2.56. The third-order valence-corrected chi connectivity index (χ3v) is 3.83. The summed E-state index contributed by atoms with van der Waals surface area (Å²) in [5.74, 6) is 0. The van der Waals surface area contributed by atoms with Gasteiger partial charge in [-0.15, -0.1) is 0 Å². The first kappa shape index (κ1) is 16.4. The van der Waals surface area contributed by atoms with Gasteiger partial charge in [0, 0.05) is 18.9 Å². The number of aliphatic hydroxyl groups is 1. The monoisotopic (exact) mass is 268 g/mol. The van der Waals surface area contributed by atoms with Gasteiger partial charge in [0.15, 0.2) is 0 Å². The van der Waals surface area contributed by atoms with Gasteiger partial charge in [0.25, 0.3) is 0 Å². The van der Waals surface area contributed by atoms with Gasteiger partial charge < -0.3 is 14.9 Å². The molecule has 1 N–H and O–H groups in total. The van der Waals surface area contributed by atoms with Crippen LogP contribution in [-0.2, 0) is 0 Å². The number of aliphatic hydroxyl groups excluding tert-OH is 1. The van der Waals surface area contributed by atoms with E-state index in [9.17, 15) is 0 Å². The summed E-state index contributed by atoms with van der Waals surface area (Å²) in [5, 5.41) is 8.98. The van der Waals surface area contributed by atoms with Gasteiger partial charge in [-0.2, -0.15) is 0 Å². The van der Waals surface area contributed by atoms with Crippen molar-refractivity contribution >= 4 is 0 Å². The first-order valence-corrected chi connectivity index (χ1v) is 8.14. The van der Waals surface area contributed by atoms with E-state index >= 15 is 0 Å². The maximum Gasteiger partial charge on any atom is 0.116 e. The van der Waals surface area contributed by atoms with Crippen molar-refractivity contribution < 1.29 is 5.11 Å². The molecule has 3 nitrogen and oxygen atoms in total. The standard InChI is InChI=1S/C16H32N2O/c1-2-3-4-5-6-7-8-9-10-11-12-17-13-14-18(15-17)16-19/h13-14,19H,2-12,15-16H2,1H3. The molecule has 1 aliphatic heterocycles. The average molecular weight is 268 g/mol. The molecule has 0 aromatic heterocycles. The molecule has 0 unspecified atom stereocenters. The van der Waals surface area contributed by atoms with E-state index in [4.69, 9.17) is 5.11 Å². The van der Waals surface area contributed by atoms with E-state index in [2.05, 4.69) is 18.0 Å². The second kappa shape index (κ2) is 11.2. The molecule has 19 heavy (non-hydrogen) atoms. The minimum absolute atomic E-state index is 0.130. The van der Waals surface area contributed by atoms with Gasteiger partial charge >= 0.3 is 0 Å². The number of rotatable bonds is 12.